The van der Waals surface area contributed by atoms with Crippen molar-refractivity contribution in [1.82, 2.24) is 0 Å². The Morgan fingerprint density at radius 2 is 1.80 bits per heavy atom. The smallest absolute Gasteiger partial charge is 0.330 e. The van der Waals surface area contributed by atoms with E-state index in [1.807, 2.05) is 0 Å². The zero-order chi connectivity index (χ0) is 16.1. The van der Waals surface area contributed by atoms with Crippen LogP contribution < -0.4 is 11.5 Å². The Balaban J connectivity index is 4.88. The lowest BCUT2D eigenvalue weighted by Gasteiger charge is -2.32. The Labute approximate surface area is 117 Å². The minimum Gasteiger partial charge on any atom is -0.480 e. The van der Waals surface area contributed by atoms with E-state index in [1.54, 1.807) is 20.8 Å². The van der Waals surface area contributed by atoms with Crippen LogP contribution in [0.15, 0.2) is 0 Å². The van der Waals surface area contributed by atoms with Gasteiger partial charge in [0.15, 0.2) is 5.54 Å². The van der Waals surface area contributed by atoms with Gasteiger partial charge < -0.3 is 31.5 Å². The van der Waals surface area contributed by atoms with Gasteiger partial charge in [-0.1, -0.05) is 20.8 Å². The number of ether oxygens (including phenoxy) is 1. The highest BCUT2D eigenvalue weighted by molar-refractivity contribution is 5.81. The average Bonchev–Trinajstić information content (AvgIpc) is 2.41. The summed E-state index contributed by atoms with van der Waals surface area (Å²) >= 11 is 0. The maximum absolute atomic E-state index is 11.6. The number of aliphatic hydroxyl groups is 2. The SMILES string of the molecule is CCC(O)C(O)C(N)(COC(=O)[C@@H](N)C(C)C)C(=O)O. The maximum Gasteiger partial charge on any atom is 0.330 e. The van der Waals surface area contributed by atoms with Gasteiger partial charge >= 0.3 is 11.9 Å². The van der Waals surface area contributed by atoms with Gasteiger partial charge in [0, 0.05) is 0 Å². The third kappa shape index (κ3) is 4.41. The molecule has 0 fully saturated rings. The lowest BCUT2D eigenvalue weighted by atomic mass is 9.89. The Morgan fingerprint density at radius 3 is 2.15 bits per heavy atom. The molecule has 0 amide bonds. The normalized spacial score (nSPS) is 19.0. The number of esters is 1. The molecule has 0 aromatic heterocycles. The van der Waals surface area contributed by atoms with Crippen molar-refractivity contribution in [2.75, 3.05) is 6.61 Å². The van der Waals surface area contributed by atoms with Crippen LogP contribution in [0, 0.1) is 5.92 Å². The zero-order valence-corrected chi connectivity index (χ0v) is 11.9. The van der Waals surface area contributed by atoms with E-state index in [4.69, 9.17) is 21.3 Å². The predicted octanol–water partition coefficient (Wildman–Crippen LogP) is -1.57. The van der Waals surface area contributed by atoms with E-state index in [9.17, 15) is 19.8 Å². The molecule has 0 radical (unpaired) electrons. The first-order valence-corrected chi connectivity index (χ1v) is 6.38. The lowest BCUT2D eigenvalue weighted by Crippen LogP contribution is -2.64. The van der Waals surface area contributed by atoms with E-state index in [1.165, 1.54) is 0 Å². The van der Waals surface area contributed by atoms with E-state index in [2.05, 4.69) is 0 Å². The number of carbonyl (C=O) groups excluding carboxylic acids is 1. The number of rotatable bonds is 8. The third-order valence-corrected chi connectivity index (χ3v) is 3.15. The summed E-state index contributed by atoms with van der Waals surface area (Å²) in [6.07, 6.45) is -3.01. The van der Waals surface area contributed by atoms with Crippen molar-refractivity contribution < 1.29 is 29.6 Å². The van der Waals surface area contributed by atoms with Crippen molar-refractivity contribution in [3.05, 3.63) is 0 Å². The van der Waals surface area contributed by atoms with Crippen molar-refractivity contribution in [3.8, 4) is 0 Å². The van der Waals surface area contributed by atoms with Crippen LogP contribution in [0.25, 0.3) is 0 Å². The van der Waals surface area contributed by atoms with Crippen LogP contribution in [0.4, 0.5) is 0 Å². The van der Waals surface area contributed by atoms with Crippen molar-refractivity contribution in [2.45, 2.75) is 51.0 Å². The van der Waals surface area contributed by atoms with Gasteiger partial charge in [-0.05, 0) is 12.3 Å². The molecule has 7 N–H and O–H groups in total. The number of carbonyl (C=O) groups is 2. The van der Waals surface area contributed by atoms with Crippen LogP contribution in [0.2, 0.25) is 0 Å². The molecule has 0 aliphatic carbocycles. The average molecular weight is 292 g/mol. The monoisotopic (exact) mass is 292 g/mol. The summed E-state index contributed by atoms with van der Waals surface area (Å²) in [6.45, 7) is 4.18. The molecule has 4 atom stereocenters. The van der Waals surface area contributed by atoms with Gasteiger partial charge in [-0.3, -0.25) is 4.79 Å². The molecular weight excluding hydrogens is 268 g/mol. The molecule has 0 aliphatic rings. The number of aliphatic hydroxyl groups excluding tert-OH is 2. The van der Waals surface area contributed by atoms with Gasteiger partial charge in [-0.2, -0.15) is 0 Å². The highest BCUT2D eigenvalue weighted by atomic mass is 16.5. The molecule has 0 aliphatic heterocycles. The minimum atomic E-state index is -2.29. The van der Waals surface area contributed by atoms with Gasteiger partial charge in [0.25, 0.3) is 0 Å². The summed E-state index contributed by atoms with van der Waals surface area (Å²) in [4.78, 5) is 22.8. The zero-order valence-electron chi connectivity index (χ0n) is 11.9. The second kappa shape index (κ2) is 7.53. The van der Waals surface area contributed by atoms with Gasteiger partial charge in [0.1, 0.15) is 18.8 Å². The molecular formula is C12H24N2O6. The largest absolute Gasteiger partial charge is 0.480 e. The summed E-state index contributed by atoms with van der Waals surface area (Å²) in [7, 11) is 0. The topological polar surface area (TPSA) is 156 Å². The molecule has 118 valence electrons. The second-order valence-corrected chi connectivity index (χ2v) is 5.14. The lowest BCUT2D eigenvalue weighted by molar-refractivity contribution is -0.163. The highest BCUT2D eigenvalue weighted by Gasteiger charge is 2.46. The van der Waals surface area contributed by atoms with Crippen molar-refractivity contribution in [2.24, 2.45) is 17.4 Å². The molecule has 8 heteroatoms. The van der Waals surface area contributed by atoms with Gasteiger partial charge in [-0.25, -0.2) is 4.79 Å². The van der Waals surface area contributed by atoms with Gasteiger partial charge in [0.05, 0.1) is 6.10 Å². The number of hydrogen-bond donors (Lipinski definition) is 5. The van der Waals surface area contributed by atoms with Crippen LogP contribution >= 0.6 is 0 Å². The van der Waals surface area contributed by atoms with E-state index in [0.29, 0.717) is 0 Å². The highest BCUT2D eigenvalue weighted by Crippen LogP contribution is 2.15. The summed E-state index contributed by atoms with van der Waals surface area (Å²) in [5.41, 5.74) is 8.82. The molecule has 0 spiro atoms. The van der Waals surface area contributed by atoms with E-state index in [-0.39, 0.29) is 12.3 Å². The molecule has 20 heavy (non-hydrogen) atoms. The van der Waals surface area contributed by atoms with Crippen molar-refractivity contribution >= 4 is 11.9 Å². The first-order chi connectivity index (χ1) is 9.07. The fourth-order valence-electron chi connectivity index (χ4n) is 1.40. The fraction of sp³-hybridized carbons (Fsp3) is 0.833. The second-order valence-electron chi connectivity index (χ2n) is 5.14. The van der Waals surface area contributed by atoms with E-state index < -0.39 is 42.3 Å². The van der Waals surface area contributed by atoms with Crippen LogP contribution in [-0.4, -0.2) is 57.7 Å². The summed E-state index contributed by atoms with van der Waals surface area (Å²) in [6, 6.07) is -0.915. The quantitative estimate of drug-likeness (QED) is 0.336. The van der Waals surface area contributed by atoms with Crippen LogP contribution in [0.1, 0.15) is 27.2 Å². The molecule has 0 saturated heterocycles. The molecule has 8 nitrogen and oxygen atoms in total. The molecule has 0 heterocycles. The van der Waals surface area contributed by atoms with Crippen LogP contribution in [0.3, 0.4) is 0 Å². The summed E-state index contributed by atoms with van der Waals surface area (Å²) in [5, 5.41) is 28.4. The Bertz CT molecular complexity index is 349. The number of aliphatic carboxylic acids is 1. The molecule has 0 rings (SSSR count). The minimum absolute atomic E-state index is 0.104. The first-order valence-electron chi connectivity index (χ1n) is 6.38. The Hall–Kier alpha value is -1.22. The van der Waals surface area contributed by atoms with Crippen molar-refractivity contribution in [1.29, 1.82) is 0 Å². The Kier molecular flexibility index (Phi) is 7.07. The first kappa shape index (κ1) is 18.8. The number of carboxylic acid groups (broad SMARTS) is 1. The molecule has 3 unspecified atom stereocenters. The number of carboxylic acids is 1. The van der Waals surface area contributed by atoms with Crippen LogP contribution in [0.5, 0.6) is 0 Å². The van der Waals surface area contributed by atoms with E-state index >= 15 is 0 Å². The molecule has 0 saturated carbocycles. The Morgan fingerprint density at radius 1 is 1.30 bits per heavy atom. The number of hydrogen-bond acceptors (Lipinski definition) is 7. The van der Waals surface area contributed by atoms with Gasteiger partial charge in [0.2, 0.25) is 0 Å². The third-order valence-electron chi connectivity index (χ3n) is 3.15. The van der Waals surface area contributed by atoms with Crippen molar-refractivity contribution in [3.63, 3.8) is 0 Å². The molecule has 0 aromatic carbocycles. The standard InChI is InChI=1S/C12H24N2O6/c1-4-7(15)9(16)12(14,11(18)19)5-20-10(17)8(13)6(2)3/h6-9,15-16H,4-5,13-14H2,1-3H3,(H,18,19)/t7?,8-,9?,12?/m0/s1. The van der Waals surface area contributed by atoms with E-state index in [0.717, 1.165) is 0 Å². The summed E-state index contributed by atoms with van der Waals surface area (Å²) < 4.78 is 4.77. The predicted molar refractivity (Wildman–Crippen MR) is 70.6 cm³/mol. The van der Waals surface area contributed by atoms with Gasteiger partial charge in [-0.15, -0.1) is 0 Å². The molecule has 0 aromatic rings. The maximum atomic E-state index is 11.6. The molecule has 0 bridgehead atoms. The summed E-state index contributed by atoms with van der Waals surface area (Å²) in [5.74, 6) is -2.58. The number of nitrogens with two attached hydrogens (primary N) is 2. The fourth-order valence-corrected chi connectivity index (χ4v) is 1.40. The van der Waals surface area contributed by atoms with Crippen LogP contribution in [-0.2, 0) is 14.3 Å².